The number of hydrogen-bond donors (Lipinski definition) is 2. The van der Waals surface area contributed by atoms with Crippen LogP contribution in [0.15, 0.2) is 4.99 Å². The first-order valence-electron chi connectivity index (χ1n) is 6.90. The molecule has 2 aliphatic rings. The van der Waals surface area contributed by atoms with Crippen molar-refractivity contribution in [3.8, 4) is 0 Å². The van der Waals surface area contributed by atoms with Crippen LogP contribution in [0.4, 0.5) is 0 Å². The normalized spacial score (nSPS) is 31.7. The molecule has 2 unspecified atom stereocenters. The van der Waals surface area contributed by atoms with Crippen molar-refractivity contribution in [2.75, 3.05) is 6.26 Å². The molecule has 0 bridgehead atoms. The second-order valence-corrected chi connectivity index (χ2v) is 6.46. The molecule has 3 N–H and O–H groups in total. The monoisotopic (exact) mass is 255 g/mol. The minimum absolute atomic E-state index is 0.481. The smallest absolute Gasteiger partial charge is 0.189 e. The van der Waals surface area contributed by atoms with Gasteiger partial charge in [0, 0.05) is 11.3 Å². The summed E-state index contributed by atoms with van der Waals surface area (Å²) in [4.78, 5) is 4.63. The highest BCUT2D eigenvalue weighted by Crippen LogP contribution is 2.28. The van der Waals surface area contributed by atoms with Crippen LogP contribution in [0, 0.1) is 0 Å². The molecule has 0 amide bonds. The molecular formula is C13H25N3S. The van der Waals surface area contributed by atoms with Crippen LogP contribution >= 0.6 is 11.8 Å². The van der Waals surface area contributed by atoms with Gasteiger partial charge in [-0.25, -0.2) is 0 Å². The Hall–Kier alpha value is -0.380. The molecule has 98 valence electrons. The molecule has 0 radical (unpaired) electrons. The highest BCUT2D eigenvalue weighted by atomic mass is 32.2. The molecule has 0 saturated heterocycles. The molecule has 0 spiro atoms. The molecule has 0 aromatic rings. The Morgan fingerprint density at radius 1 is 1.18 bits per heavy atom. The summed E-state index contributed by atoms with van der Waals surface area (Å²) in [6, 6.07) is 1.04. The minimum atomic E-state index is 0.481. The highest BCUT2D eigenvalue weighted by molar-refractivity contribution is 7.99. The van der Waals surface area contributed by atoms with E-state index in [4.69, 9.17) is 5.73 Å². The first-order valence-corrected chi connectivity index (χ1v) is 8.19. The molecule has 3 nitrogen and oxygen atoms in total. The van der Waals surface area contributed by atoms with Crippen LogP contribution in [0.1, 0.15) is 51.4 Å². The number of hydrogen-bond acceptors (Lipinski definition) is 2. The van der Waals surface area contributed by atoms with Gasteiger partial charge in [0.2, 0.25) is 0 Å². The van der Waals surface area contributed by atoms with Crippen LogP contribution in [0.25, 0.3) is 0 Å². The van der Waals surface area contributed by atoms with Gasteiger partial charge in [0.1, 0.15) is 0 Å². The van der Waals surface area contributed by atoms with E-state index in [0.29, 0.717) is 18.0 Å². The molecule has 0 aromatic carbocycles. The summed E-state index contributed by atoms with van der Waals surface area (Å²) in [5, 5.41) is 4.22. The molecule has 4 heteroatoms. The van der Waals surface area contributed by atoms with E-state index in [9.17, 15) is 0 Å². The quantitative estimate of drug-likeness (QED) is 0.602. The lowest BCUT2D eigenvalue weighted by atomic mass is 9.96. The third-order valence-electron chi connectivity index (χ3n) is 3.97. The van der Waals surface area contributed by atoms with Gasteiger partial charge >= 0.3 is 0 Å². The summed E-state index contributed by atoms with van der Waals surface area (Å²) in [7, 11) is 0. The average Bonchev–Trinajstić information content (AvgIpc) is 2.78. The summed E-state index contributed by atoms with van der Waals surface area (Å²) in [6.07, 6.45) is 12.5. The zero-order chi connectivity index (χ0) is 12.1. The van der Waals surface area contributed by atoms with Gasteiger partial charge in [0.25, 0.3) is 0 Å². The van der Waals surface area contributed by atoms with Gasteiger partial charge in [-0.2, -0.15) is 11.8 Å². The molecule has 2 aliphatic carbocycles. The van der Waals surface area contributed by atoms with Gasteiger partial charge in [0.15, 0.2) is 5.96 Å². The van der Waals surface area contributed by atoms with Gasteiger partial charge in [-0.3, -0.25) is 4.99 Å². The van der Waals surface area contributed by atoms with Gasteiger partial charge < -0.3 is 11.1 Å². The predicted octanol–water partition coefficient (Wildman–Crippen LogP) is 2.51. The van der Waals surface area contributed by atoms with Crippen LogP contribution in [0.5, 0.6) is 0 Å². The van der Waals surface area contributed by atoms with Crippen molar-refractivity contribution in [2.24, 2.45) is 10.7 Å². The Labute approximate surface area is 109 Å². The maximum Gasteiger partial charge on any atom is 0.189 e. The van der Waals surface area contributed by atoms with Crippen molar-refractivity contribution in [3.63, 3.8) is 0 Å². The van der Waals surface area contributed by atoms with Gasteiger partial charge in [-0.05, 0) is 38.4 Å². The Balaban J connectivity index is 1.76. The lowest BCUT2D eigenvalue weighted by Gasteiger charge is -2.20. The van der Waals surface area contributed by atoms with Crippen LogP contribution in [-0.2, 0) is 0 Å². The van der Waals surface area contributed by atoms with E-state index in [-0.39, 0.29) is 0 Å². The topological polar surface area (TPSA) is 50.4 Å². The SMILES string of the molecule is CSC1CCC(NC(N)=NC2CCCCC2)C1. The number of nitrogens with two attached hydrogens (primary N) is 1. The van der Waals surface area contributed by atoms with Crippen LogP contribution in [0.2, 0.25) is 0 Å². The first-order chi connectivity index (χ1) is 8.28. The van der Waals surface area contributed by atoms with Crippen LogP contribution in [0.3, 0.4) is 0 Å². The maximum atomic E-state index is 6.00. The second kappa shape index (κ2) is 6.53. The second-order valence-electron chi connectivity index (χ2n) is 5.32. The van der Waals surface area contributed by atoms with Crippen molar-refractivity contribution in [3.05, 3.63) is 0 Å². The van der Waals surface area contributed by atoms with Crippen LogP contribution < -0.4 is 11.1 Å². The number of nitrogens with zero attached hydrogens (tertiary/aromatic N) is 1. The lowest BCUT2D eigenvalue weighted by Crippen LogP contribution is -2.39. The molecule has 2 atom stereocenters. The number of rotatable bonds is 3. The lowest BCUT2D eigenvalue weighted by molar-refractivity contribution is 0.441. The Morgan fingerprint density at radius 2 is 1.94 bits per heavy atom. The standard InChI is InChI=1S/C13H25N3S/c1-17-12-8-7-11(9-12)16-13(14)15-10-5-3-2-4-6-10/h10-12H,2-9H2,1H3,(H3,14,15,16). The van der Waals surface area contributed by atoms with Crippen molar-refractivity contribution >= 4 is 17.7 Å². The maximum absolute atomic E-state index is 6.00. The molecule has 2 fully saturated rings. The fourth-order valence-electron chi connectivity index (χ4n) is 2.94. The largest absolute Gasteiger partial charge is 0.370 e. The van der Waals surface area contributed by atoms with Crippen LogP contribution in [-0.4, -0.2) is 29.5 Å². The summed E-state index contributed by atoms with van der Waals surface area (Å²) in [5.74, 6) is 0.684. The summed E-state index contributed by atoms with van der Waals surface area (Å²) in [5.41, 5.74) is 6.00. The molecule has 0 aromatic heterocycles. The van der Waals surface area contributed by atoms with E-state index in [0.717, 1.165) is 5.25 Å². The minimum Gasteiger partial charge on any atom is -0.370 e. The van der Waals surface area contributed by atoms with Crippen molar-refractivity contribution in [2.45, 2.75) is 68.7 Å². The summed E-state index contributed by atoms with van der Waals surface area (Å²) in [6.45, 7) is 0. The first kappa shape index (κ1) is 13.1. The third kappa shape index (κ3) is 4.09. The molecule has 0 heterocycles. The number of nitrogens with one attached hydrogen (secondary N) is 1. The molecular weight excluding hydrogens is 230 g/mol. The Kier molecular flexibility index (Phi) is 5.01. The van der Waals surface area contributed by atoms with Gasteiger partial charge in [-0.15, -0.1) is 0 Å². The van der Waals surface area contributed by atoms with E-state index in [2.05, 4.69) is 16.6 Å². The third-order valence-corrected chi connectivity index (χ3v) is 5.06. The van der Waals surface area contributed by atoms with E-state index in [1.807, 2.05) is 11.8 Å². The number of thioether (sulfide) groups is 1. The highest BCUT2D eigenvalue weighted by Gasteiger charge is 2.24. The van der Waals surface area contributed by atoms with Gasteiger partial charge in [-0.1, -0.05) is 19.3 Å². The predicted molar refractivity (Wildman–Crippen MR) is 76.6 cm³/mol. The molecule has 2 saturated carbocycles. The van der Waals surface area contributed by atoms with Crippen molar-refractivity contribution in [1.29, 1.82) is 0 Å². The Morgan fingerprint density at radius 3 is 2.59 bits per heavy atom. The van der Waals surface area contributed by atoms with E-state index < -0.39 is 0 Å². The molecule has 0 aliphatic heterocycles. The van der Waals surface area contributed by atoms with Crippen molar-refractivity contribution in [1.82, 2.24) is 5.32 Å². The Bertz CT molecular complexity index is 261. The average molecular weight is 255 g/mol. The zero-order valence-electron chi connectivity index (χ0n) is 10.8. The van der Waals surface area contributed by atoms with Crippen molar-refractivity contribution < 1.29 is 0 Å². The van der Waals surface area contributed by atoms with E-state index in [1.54, 1.807) is 0 Å². The summed E-state index contributed by atoms with van der Waals surface area (Å²) < 4.78 is 0. The fraction of sp³-hybridized carbons (Fsp3) is 0.923. The molecule has 2 rings (SSSR count). The van der Waals surface area contributed by atoms with E-state index >= 15 is 0 Å². The van der Waals surface area contributed by atoms with E-state index in [1.165, 1.54) is 51.4 Å². The number of guanidine groups is 1. The molecule has 17 heavy (non-hydrogen) atoms. The summed E-state index contributed by atoms with van der Waals surface area (Å²) >= 11 is 1.98. The number of aliphatic imine (C=N–C) groups is 1. The fourth-order valence-corrected chi connectivity index (χ4v) is 3.74. The van der Waals surface area contributed by atoms with Gasteiger partial charge in [0.05, 0.1) is 6.04 Å². The zero-order valence-corrected chi connectivity index (χ0v) is 11.6.